The molecule has 0 saturated heterocycles. The summed E-state index contributed by atoms with van der Waals surface area (Å²) in [5.74, 6) is 0.649. The van der Waals surface area contributed by atoms with Crippen molar-refractivity contribution in [3.63, 3.8) is 0 Å². The average molecular weight is 391 g/mol. The van der Waals surface area contributed by atoms with Crippen molar-refractivity contribution in [2.24, 2.45) is 0 Å². The topological polar surface area (TPSA) is 34.9 Å². The van der Waals surface area contributed by atoms with Gasteiger partial charge in [0.2, 0.25) is 0 Å². The van der Waals surface area contributed by atoms with Gasteiger partial charge in [0.05, 0.1) is 6.54 Å². The molecule has 0 aliphatic rings. The number of benzene rings is 2. The van der Waals surface area contributed by atoms with E-state index >= 15 is 0 Å². The van der Waals surface area contributed by atoms with Gasteiger partial charge in [0.1, 0.15) is 0 Å². The molecule has 0 N–H and O–H groups in total. The first-order valence-corrected chi connectivity index (χ1v) is 9.46. The molecule has 0 atom stereocenters. The van der Waals surface area contributed by atoms with Gasteiger partial charge in [-0.05, 0) is 36.2 Å². The maximum atomic E-state index is 12.5. The molecule has 0 fully saturated rings. The van der Waals surface area contributed by atoms with Crippen LogP contribution in [0, 0.1) is 6.92 Å². The smallest absolute Gasteiger partial charge is 0.254 e. The van der Waals surface area contributed by atoms with Crippen molar-refractivity contribution in [2.75, 3.05) is 0 Å². The Morgan fingerprint density at radius 3 is 2.52 bits per heavy atom. The van der Waals surface area contributed by atoms with Crippen LogP contribution in [-0.2, 0) is 12.3 Å². The van der Waals surface area contributed by atoms with E-state index in [2.05, 4.69) is 4.98 Å². The minimum atomic E-state index is -0.0656. The van der Waals surface area contributed by atoms with E-state index in [1.54, 1.807) is 10.6 Å². The minimum Gasteiger partial charge on any atom is -0.283 e. The molecule has 0 aliphatic carbocycles. The molecular weight excluding hydrogens is 375 g/mol. The van der Waals surface area contributed by atoms with E-state index in [0.29, 0.717) is 33.2 Å². The Morgan fingerprint density at radius 1 is 1.08 bits per heavy atom. The normalized spacial score (nSPS) is 10.8. The lowest BCUT2D eigenvalue weighted by Crippen LogP contribution is -2.23. The highest BCUT2D eigenvalue weighted by Gasteiger charge is 2.10. The number of hydrogen-bond donors (Lipinski definition) is 0. The largest absolute Gasteiger partial charge is 0.283 e. The predicted octanol–water partition coefficient (Wildman–Crippen LogP) is 5.20. The minimum absolute atomic E-state index is 0.0656. The van der Waals surface area contributed by atoms with Gasteiger partial charge >= 0.3 is 0 Å². The fraction of sp³-hybridized carbons (Fsp3) is 0.158. The van der Waals surface area contributed by atoms with E-state index in [-0.39, 0.29) is 5.56 Å². The summed E-state index contributed by atoms with van der Waals surface area (Å²) in [6, 6.07) is 16.7. The van der Waals surface area contributed by atoms with Crippen molar-refractivity contribution in [3.8, 4) is 0 Å². The van der Waals surface area contributed by atoms with Crippen molar-refractivity contribution in [1.82, 2.24) is 9.55 Å². The van der Waals surface area contributed by atoms with Gasteiger partial charge < -0.3 is 0 Å². The predicted molar refractivity (Wildman–Crippen MR) is 105 cm³/mol. The Hall–Kier alpha value is -1.75. The molecule has 25 heavy (non-hydrogen) atoms. The summed E-state index contributed by atoms with van der Waals surface area (Å²) in [5, 5.41) is 2.07. The zero-order chi connectivity index (χ0) is 17.8. The molecule has 2 aromatic carbocycles. The summed E-state index contributed by atoms with van der Waals surface area (Å²) < 4.78 is 1.68. The van der Waals surface area contributed by atoms with E-state index in [1.807, 2.05) is 55.5 Å². The molecule has 0 amide bonds. The van der Waals surface area contributed by atoms with Gasteiger partial charge in [-0.1, -0.05) is 65.3 Å². The van der Waals surface area contributed by atoms with Gasteiger partial charge in [-0.15, -0.1) is 0 Å². The molecule has 0 spiro atoms. The second-order valence-corrected chi connectivity index (χ2v) is 7.40. The first kappa shape index (κ1) is 18.1. The fourth-order valence-corrected chi connectivity index (χ4v) is 3.84. The molecule has 128 valence electrons. The lowest BCUT2D eigenvalue weighted by molar-refractivity contribution is 0.638. The van der Waals surface area contributed by atoms with Crippen molar-refractivity contribution < 1.29 is 0 Å². The first-order chi connectivity index (χ1) is 12.0. The molecule has 1 heterocycles. The van der Waals surface area contributed by atoms with Crippen LogP contribution in [0.2, 0.25) is 10.0 Å². The van der Waals surface area contributed by atoms with Crippen molar-refractivity contribution >= 4 is 35.0 Å². The van der Waals surface area contributed by atoms with Crippen LogP contribution in [0.25, 0.3) is 0 Å². The third-order valence-corrected chi connectivity index (χ3v) is 5.32. The van der Waals surface area contributed by atoms with E-state index in [4.69, 9.17) is 23.2 Å². The maximum absolute atomic E-state index is 12.5. The second-order valence-electron chi connectivity index (χ2n) is 5.61. The van der Waals surface area contributed by atoms with Gasteiger partial charge in [-0.25, -0.2) is 4.98 Å². The fourth-order valence-electron chi connectivity index (χ4n) is 2.38. The highest BCUT2D eigenvalue weighted by Crippen LogP contribution is 2.25. The molecule has 3 rings (SSSR count). The first-order valence-electron chi connectivity index (χ1n) is 7.72. The third-order valence-electron chi connectivity index (χ3n) is 3.67. The van der Waals surface area contributed by atoms with Crippen molar-refractivity contribution in [3.05, 3.63) is 91.8 Å². The van der Waals surface area contributed by atoms with Crippen LogP contribution in [-0.4, -0.2) is 9.55 Å². The van der Waals surface area contributed by atoms with Crippen LogP contribution >= 0.6 is 35.0 Å². The van der Waals surface area contributed by atoms with E-state index in [1.165, 1.54) is 11.8 Å². The Bertz CT molecular complexity index is 939. The van der Waals surface area contributed by atoms with Gasteiger partial charge in [-0.2, -0.15) is 0 Å². The van der Waals surface area contributed by atoms with Crippen LogP contribution in [0.15, 0.2) is 64.5 Å². The zero-order valence-electron chi connectivity index (χ0n) is 13.6. The van der Waals surface area contributed by atoms with Crippen LogP contribution in [0.4, 0.5) is 0 Å². The molecule has 3 nitrogen and oxygen atoms in total. The van der Waals surface area contributed by atoms with Crippen LogP contribution in [0.1, 0.15) is 16.8 Å². The number of aromatic nitrogens is 2. The molecule has 3 aromatic rings. The number of nitrogens with zero attached hydrogens (tertiary/aromatic N) is 2. The number of rotatable bonds is 5. The summed E-state index contributed by atoms with van der Waals surface area (Å²) in [4.78, 5) is 17.0. The van der Waals surface area contributed by atoms with E-state index in [9.17, 15) is 4.79 Å². The number of hydrogen-bond acceptors (Lipinski definition) is 3. The highest BCUT2D eigenvalue weighted by molar-refractivity contribution is 7.98. The Morgan fingerprint density at radius 2 is 1.80 bits per heavy atom. The van der Waals surface area contributed by atoms with E-state index < -0.39 is 0 Å². The van der Waals surface area contributed by atoms with Crippen LogP contribution in [0.3, 0.4) is 0 Å². The third kappa shape index (κ3) is 4.66. The molecule has 0 bridgehead atoms. The zero-order valence-corrected chi connectivity index (χ0v) is 15.9. The number of aryl methyl sites for hydroxylation is 1. The summed E-state index contributed by atoms with van der Waals surface area (Å²) in [5.41, 5.74) is 2.66. The van der Waals surface area contributed by atoms with Gasteiger partial charge in [0.25, 0.3) is 5.56 Å². The lowest BCUT2D eigenvalue weighted by atomic mass is 10.2. The molecular formula is C19H16Cl2N2OS. The highest BCUT2D eigenvalue weighted by atomic mass is 35.5. The van der Waals surface area contributed by atoms with Gasteiger partial charge in [0.15, 0.2) is 5.16 Å². The number of halogens is 2. The van der Waals surface area contributed by atoms with Crippen LogP contribution < -0.4 is 5.56 Å². The van der Waals surface area contributed by atoms with Gasteiger partial charge in [0, 0.05) is 27.6 Å². The maximum Gasteiger partial charge on any atom is 0.254 e. The second kappa shape index (κ2) is 8.09. The summed E-state index contributed by atoms with van der Waals surface area (Å²) in [6.45, 7) is 2.28. The molecule has 0 aliphatic heterocycles. The summed E-state index contributed by atoms with van der Waals surface area (Å²) in [6.07, 6.45) is 0. The quantitative estimate of drug-likeness (QED) is 0.443. The Kier molecular flexibility index (Phi) is 5.84. The molecule has 1 aromatic heterocycles. The van der Waals surface area contributed by atoms with Crippen molar-refractivity contribution in [2.45, 2.75) is 24.4 Å². The van der Waals surface area contributed by atoms with Crippen molar-refractivity contribution in [1.29, 1.82) is 0 Å². The summed E-state index contributed by atoms with van der Waals surface area (Å²) >= 11 is 13.7. The van der Waals surface area contributed by atoms with Crippen LogP contribution in [0.5, 0.6) is 0 Å². The molecule has 0 unspecified atom stereocenters. The monoisotopic (exact) mass is 390 g/mol. The van der Waals surface area contributed by atoms with E-state index in [0.717, 1.165) is 11.1 Å². The number of thioether (sulfide) groups is 1. The molecule has 0 saturated carbocycles. The van der Waals surface area contributed by atoms with Gasteiger partial charge in [-0.3, -0.25) is 9.36 Å². The Labute approximate surface area is 160 Å². The standard InChI is InChI=1S/C19H16Cl2N2OS/c1-13-10-18(24)23(11-14-6-8-16(20)9-7-14)19(22-13)25-12-15-4-2-3-5-17(15)21/h2-10H,11-12H2,1H3. The lowest BCUT2D eigenvalue weighted by Gasteiger charge is -2.13. The SMILES string of the molecule is Cc1cc(=O)n(Cc2ccc(Cl)cc2)c(SCc2ccccc2Cl)n1. The Balaban J connectivity index is 1.88. The molecule has 0 radical (unpaired) electrons. The summed E-state index contributed by atoms with van der Waals surface area (Å²) in [7, 11) is 0. The molecule has 6 heteroatoms. The average Bonchev–Trinajstić information content (AvgIpc) is 2.58.